The van der Waals surface area contributed by atoms with E-state index in [9.17, 15) is 0 Å². The Kier molecular flexibility index (Phi) is 4.31. The van der Waals surface area contributed by atoms with Crippen molar-refractivity contribution < 1.29 is 9.78 Å². The quantitative estimate of drug-likeness (QED) is 0.255. The van der Waals surface area contributed by atoms with Crippen LogP contribution in [-0.2, 0) is 9.78 Å². The summed E-state index contributed by atoms with van der Waals surface area (Å²) >= 11 is 0. The Morgan fingerprint density at radius 2 is 1.88 bits per heavy atom. The molecule has 1 unspecified atom stereocenters. The molecule has 5 nitrogen and oxygen atoms in total. The third-order valence-electron chi connectivity index (χ3n) is 1.63. The molecule has 0 aromatic heterocycles. The SMILES string of the molecule is CC(C)(C)OOC(N=[N+]=[N-])c1ccccc1. The summed E-state index contributed by atoms with van der Waals surface area (Å²) in [5, 5.41) is 3.53. The molecule has 0 saturated heterocycles. The van der Waals surface area contributed by atoms with E-state index in [2.05, 4.69) is 10.0 Å². The second-order valence-corrected chi connectivity index (χ2v) is 4.26. The zero-order chi connectivity index (χ0) is 12.0. The van der Waals surface area contributed by atoms with Crippen molar-refractivity contribution in [1.29, 1.82) is 0 Å². The molecular formula is C11H15N3O2. The first-order valence-corrected chi connectivity index (χ1v) is 4.96. The molecule has 16 heavy (non-hydrogen) atoms. The van der Waals surface area contributed by atoms with Crippen LogP contribution in [0.1, 0.15) is 32.6 Å². The first kappa shape index (κ1) is 12.5. The fraction of sp³-hybridized carbons (Fsp3) is 0.455. The van der Waals surface area contributed by atoms with Gasteiger partial charge < -0.3 is 0 Å². The van der Waals surface area contributed by atoms with Crippen molar-refractivity contribution in [2.75, 3.05) is 0 Å². The molecule has 0 aliphatic heterocycles. The molecule has 0 aliphatic rings. The average molecular weight is 221 g/mol. The van der Waals surface area contributed by atoms with Gasteiger partial charge in [-0.2, -0.15) is 0 Å². The molecule has 0 amide bonds. The van der Waals surface area contributed by atoms with Gasteiger partial charge >= 0.3 is 0 Å². The largest absolute Gasteiger partial charge is 0.230 e. The van der Waals surface area contributed by atoms with Crippen LogP contribution in [0, 0.1) is 0 Å². The summed E-state index contributed by atoms with van der Waals surface area (Å²) < 4.78 is 0. The summed E-state index contributed by atoms with van der Waals surface area (Å²) in [6.45, 7) is 5.56. The molecule has 0 fully saturated rings. The highest BCUT2D eigenvalue weighted by molar-refractivity contribution is 5.16. The number of nitrogens with zero attached hydrogens (tertiary/aromatic N) is 3. The van der Waals surface area contributed by atoms with E-state index in [0.29, 0.717) is 0 Å². The molecular weight excluding hydrogens is 206 g/mol. The Morgan fingerprint density at radius 3 is 2.38 bits per heavy atom. The molecule has 0 spiro atoms. The van der Waals surface area contributed by atoms with E-state index < -0.39 is 11.8 Å². The van der Waals surface area contributed by atoms with E-state index in [4.69, 9.17) is 15.3 Å². The highest BCUT2D eigenvalue weighted by Crippen LogP contribution is 2.21. The smallest absolute Gasteiger partial charge is 0.196 e. The molecule has 0 saturated carbocycles. The third-order valence-corrected chi connectivity index (χ3v) is 1.63. The van der Waals surface area contributed by atoms with Gasteiger partial charge in [-0.05, 0) is 31.9 Å². The maximum atomic E-state index is 8.45. The lowest BCUT2D eigenvalue weighted by Crippen LogP contribution is -2.20. The van der Waals surface area contributed by atoms with E-state index in [0.717, 1.165) is 5.56 Å². The number of hydrogen-bond acceptors (Lipinski definition) is 3. The van der Waals surface area contributed by atoms with Crippen molar-refractivity contribution >= 4 is 0 Å². The summed E-state index contributed by atoms with van der Waals surface area (Å²) in [6.07, 6.45) is -0.759. The van der Waals surface area contributed by atoms with Gasteiger partial charge in [-0.1, -0.05) is 35.4 Å². The minimum Gasteiger partial charge on any atom is -0.230 e. The van der Waals surface area contributed by atoms with Crippen LogP contribution >= 0.6 is 0 Å². The summed E-state index contributed by atoms with van der Waals surface area (Å²) in [7, 11) is 0. The molecule has 0 radical (unpaired) electrons. The zero-order valence-corrected chi connectivity index (χ0v) is 9.62. The lowest BCUT2D eigenvalue weighted by Gasteiger charge is -2.20. The molecule has 1 rings (SSSR count). The van der Waals surface area contributed by atoms with Crippen LogP contribution in [0.2, 0.25) is 0 Å². The number of azide groups is 1. The number of rotatable bonds is 4. The minimum atomic E-state index is -0.759. The minimum absolute atomic E-state index is 0.446. The van der Waals surface area contributed by atoms with Crippen molar-refractivity contribution in [1.82, 2.24) is 0 Å². The standard InChI is InChI=1S/C11H15N3O2/c1-11(2,3)16-15-10(13-14-12)9-7-5-4-6-8-9/h4-8,10H,1-3H3. The molecule has 1 aromatic carbocycles. The Hall–Kier alpha value is -1.55. The van der Waals surface area contributed by atoms with Crippen LogP contribution in [0.15, 0.2) is 35.4 Å². The van der Waals surface area contributed by atoms with Crippen LogP contribution in [0.3, 0.4) is 0 Å². The summed E-state index contributed by atoms with van der Waals surface area (Å²) in [6, 6.07) is 9.18. The lowest BCUT2D eigenvalue weighted by atomic mass is 10.2. The van der Waals surface area contributed by atoms with E-state index in [1.54, 1.807) is 0 Å². The zero-order valence-electron chi connectivity index (χ0n) is 9.62. The van der Waals surface area contributed by atoms with Crippen LogP contribution < -0.4 is 0 Å². The molecule has 86 valence electrons. The highest BCUT2D eigenvalue weighted by atomic mass is 17.2. The van der Waals surface area contributed by atoms with Gasteiger partial charge in [0.05, 0.1) is 5.60 Å². The van der Waals surface area contributed by atoms with Gasteiger partial charge in [-0.15, -0.1) is 0 Å². The molecule has 0 N–H and O–H groups in total. The second kappa shape index (κ2) is 5.51. The Balaban J connectivity index is 2.73. The first-order valence-electron chi connectivity index (χ1n) is 4.96. The second-order valence-electron chi connectivity index (χ2n) is 4.26. The normalized spacial score (nSPS) is 12.9. The molecule has 5 heteroatoms. The van der Waals surface area contributed by atoms with Crippen LogP contribution in [-0.4, -0.2) is 5.60 Å². The maximum Gasteiger partial charge on any atom is 0.196 e. The third kappa shape index (κ3) is 4.31. The topological polar surface area (TPSA) is 67.2 Å². The predicted octanol–water partition coefficient (Wildman–Crippen LogP) is 3.74. The molecule has 1 atom stereocenters. The molecule has 0 heterocycles. The summed E-state index contributed by atoms with van der Waals surface area (Å²) in [5.41, 5.74) is 8.76. The number of benzene rings is 1. The highest BCUT2D eigenvalue weighted by Gasteiger charge is 2.17. The fourth-order valence-electron chi connectivity index (χ4n) is 0.996. The van der Waals surface area contributed by atoms with Crippen molar-refractivity contribution in [2.24, 2.45) is 5.11 Å². The van der Waals surface area contributed by atoms with Crippen molar-refractivity contribution in [3.63, 3.8) is 0 Å². The van der Waals surface area contributed by atoms with E-state index in [1.165, 1.54) is 0 Å². The molecule has 0 bridgehead atoms. The molecule has 0 aliphatic carbocycles. The lowest BCUT2D eigenvalue weighted by molar-refractivity contribution is -0.374. The van der Waals surface area contributed by atoms with Gasteiger partial charge in [-0.3, -0.25) is 0 Å². The number of hydrogen-bond donors (Lipinski definition) is 0. The Morgan fingerprint density at radius 1 is 1.25 bits per heavy atom. The maximum absolute atomic E-state index is 8.45. The summed E-state index contributed by atoms with van der Waals surface area (Å²) in [4.78, 5) is 13.0. The van der Waals surface area contributed by atoms with Gasteiger partial charge in [-0.25, -0.2) is 9.78 Å². The monoisotopic (exact) mass is 221 g/mol. The first-order chi connectivity index (χ1) is 7.53. The van der Waals surface area contributed by atoms with Crippen molar-refractivity contribution in [3.05, 3.63) is 46.3 Å². The summed E-state index contributed by atoms with van der Waals surface area (Å²) in [5.74, 6) is 0. The predicted molar refractivity (Wildman–Crippen MR) is 60.3 cm³/mol. The van der Waals surface area contributed by atoms with Gasteiger partial charge in [0.2, 0.25) is 0 Å². The van der Waals surface area contributed by atoms with E-state index in [1.807, 2.05) is 51.1 Å². The van der Waals surface area contributed by atoms with Crippen LogP contribution in [0.5, 0.6) is 0 Å². The van der Waals surface area contributed by atoms with Crippen LogP contribution in [0.4, 0.5) is 0 Å². The van der Waals surface area contributed by atoms with Crippen molar-refractivity contribution in [3.8, 4) is 0 Å². The molecule has 1 aromatic rings. The van der Waals surface area contributed by atoms with Gasteiger partial charge in [0, 0.05) is 4.91 Å². The van der Waals surface area contributed by atoms with E-state index >= 15 is 0 Å². The van der Waals surface area contributed by atoms with Gasteiger partial charge in [0.25, 0.3) is 0 Å². The van der Waals surface area contributed by atoms with Crippen LogP contribution in [0.25, 0.3) is 10.4 Å². The van der Waals surface area contributed by atoms with Gasteiger partial charge in [0.15, 0.2) is 6.23 Å². The Labute approximate surface area is 94.5 Å². The average Bonchev–Trinajstić information content (AvgIpc) is 2.24. The Bertz CT molecular complexity index is 367. The van der Waals surface area contributed by atoms with Gasteiger partial charge in [0.1, 0.15) is 0 Å². The fourth-order valence-corrected chi connectivity index (χ4v) is 0.996. The van der Waals surface area contributed by atoms with E-state index in [-0.39, 0.29) is 0 Å². The van der Waals surface area contributed by atoms with Crippen molar-refractivity contribution in [2.45, 2.75) is 32.6 Å².